The summed E-state index contributed by atoms with van der Waals surface area (Å²) >= 11 is 1.28. The summed E-state index contributed by atoms with van der Waals surface area (Å²) in [6.07, 6.45) is 0.723. The number of carbonyl (C=O) groups is 2. The minimum Gasteiger partial charge on any atom is -0.502 e. The second kappa shape index (κ2) is 4.27. The Morgan fingerprint density at radius 1 is 1.33 bits per heavy atom. The van der Waals surface area contributed by atoms with Crippen molar-refractivity contribution in [1.29, 1.82) is 0 Å². The topological polar surface area (TPSA) is 74.6 Å². The number of rotatable bonds is 3. The van der Waals surface area contributed by atoms with Crippen LogP contribution in [0.5, 0.6) is 0 Å². The van der Waals surface area contributed by atoms with Crippen LogP contribution in [0.15, 0.2) is 17.9 Å². The van der Waals surface area contributed by atoms with Crippen molar-refractivity contribution in [2.45, 2.75) is 13.8 Å². The molecule has 0 radical (unpaired) electrons. The molecule has 0 amide bonds. The summed E-state index contributed by atoms with van der Waals surface area (Å²) < 4.78 is 0. The first-order valence-corrected chi connectivity index (χ1v) is 4.98. The molecule has 0 atom stereocenters. The third-order valence-electron chi connectivity index (χ3n) is 1.75. The lowest BCUT2D eigenvalue weighted by Gasteiger charge is -1.93. The molecule has 80 valence electrons. The van der Waals surface area contributed by atoms with Crippen molar-refractivity contribution in [2.24, 2.45) is 0 Å². The van der Waals surface area contributed by atoms with Gasteiger partial charge in [-0.3, -0.25) is 4.79 Å². The number of allylic oxidation sites excluding steroid dienone is 1. The molecule has 15 heavy (non-hydrogen) atoms. The van der Waals surface area contributed by atoms with Gasteiger partial charge in [0.2, 0.25) is 5.76 Å². The molecule has 0 aliphatic rings. The highest BCUT2D eigenvalue weighted by molar-refractivity contribution is 7.14. The van der Waals surface area contributed by atoms with E-state index in [1.54, 1.807) is 6.92 Å². The Morgan fingerprint density at radius 2 is 1.93 bits per heavy atom. The molecule has 0 bridgehead atoms. The molecular weight excluding hydrogens is 216 g/mol. The molecule has 0 unspecified atom stereocenters. The minimum absolute atomic E-state index is 0.459. The first kappa shape index (κ1) is 11.5. The maximum absolute atomic E-state index is 11.5. The van der Waals surface area contributed by atoms with Gasteiger partial charge in [-0.2, -0.15) is 0 Å². The van der Waals surface area contributed by atoms with Gasteiger partial charge >= 0.3 is 5.97 Å². The largest absolute Gasteiger partial charge is 0.502 e. The van der Waals surface area contributed by atoms with E-state index in [2.05, 4.69) is 0 Å². The van der Waals surface area contributed by atoms with Crippen molar-refractivity contribution in [3.05, 3.63) is 33.2 Å². The minimum atomic E-state index is -1.51. The number of carboxylic acids is 1. The monoisotopic (exact) mass is 226 g/mol. The molecule has 0 fully saturated rings. The predicted octanol–water partition coefficient (Wildman–Crippen LogP) is 2.07. The number of carbonyl (C=O) groups excluding carboxylic acids is 1. The zero-order chi connectivity index (χ0) is 11.6. The van der Waals surface area contributed by atoms with Crippen LogP contribution >= 0.6 is 11.3 Å². The molecule has 2 N–H and O–H groups in total. The van der Waals surface area contributed by atoms with E-state index in [-0.39, 0.29) is 0 Å². The molecule has 1 heterocycles. The maximum atomic E-state index is 11.5. The summed E-state index contributed by atoms with van der Waals surface area (Å²) in [6.45, 7) is 3.62. The molecule has 0 saturated heterocycles. The van der Waals surface area contributed by atoms with Crippen LogP contribution in [0.2, 0.25) is 0 Å². The zero-order valence-corrected chi connectivity index (χ0v) is 9.09. The van der Waals surface area contributed by atoms with Gasteiger partial charge < -0.3 is 10.2 Å². The molecule has 1 aromatic rings. The molecule has 0 saturated carbocycles. The third kappa shape index (κ3) is 2.66. The molecular formula is C10H10O4S. The number of aliphatic hydroxyl groups is 1. The number of ketones is 1. The molecule has 4 nitrogen and oxygen atoms in total. The number of carboxylic acid groups (broad SMARTS) is 1. The summed E-state index contributed by atoms with van der Waals surface area (Å²) in [4.78, 5) is 23.2. The smallest absolute Gasteiger partial charge is 0.371 e. The summed E-state index contributed by atoms with van der Waals surface area (Å²) in [5, 5.41) is 17.3. The van der Waals surface area contributed by atoms with Crippen LogP contribution in [0.25, 0.3) is 0 Å². The highest BCUT2D eigenvalue weighted by Crippen LogP contribution is 2.21. The van der Waals surface area contributed by atoms with Gasteiger partial charge in [-0.15, -0.1) is 11.3 Å². The van der Waals surface area contributed by atoms with Crippen LogP contribution in [0.1, 0.15) is 20.1 Å². The molecule has 0 aromatic carbocycles. The van der Waals surface area contributed by atoms with Crippen LogP contribution in [0.4, 0.5) is 0 Å². The highest BCUT2D eigenvalue weighted by Gasteiger charge is 2.13. The summed E-state index contributed by atoms with van der Waals surface area (Å²) in [5.74, 6) is -2.93. The fourth-order valence-electron chi connectivity index (χ4n) is 1.14. The molecule has 0 aliphatic heterocycles. The van der Waals surface area contributed by atoms with Crippen LogP contribution < -0.4 is 0 Å². The van der Waals surface area contributed by atoms with Crippen molar-refractivity contribution in [1.82, 2.24) is 0 Å². The van der Waals surface area contributed by atoms with Crippen LogP contribution in [0, 0.1) is 13.8 Å². The standard InChI is InChI=1S/C10H10O4S/c1-5-3-6(2)15-9(5)7(11)4-8(12)10(13)14/h3-4,12H,1-2H3,(H,13,14)/b8-4-. The molecule has 0 aliphatic carbocycles. The fraction of sp³-hybridized carbons (Fsp3) is 0.200. The van der Waals surface area contributed by atoms with E-state index in [1.807, 2.05) is 13.0 Å². The van der Waals surface area contributed by atoms with Gasteiger partial charge in [0.25, 0.3) is 0 Å². The van der Waals surface area contributed by atoms with Crippen molar-refractivity contribution in [3.8, 4) is 0 Å². The predicted molar refractivity (Wildman–Crippen MR) is 56.5 cm³/mol. The average molecular weight is 226 g/mol. The summed E-state index contributed by atoms with van der Waals surface area (Å²) in [7, 11) is 0. The van der Waals surface area contributed by atoms with Gasteiger partial charge in [-0.1, -0.05) is 0 Å². The van der Waals surface area contributed by atoms with Gasteiger partial charge in [0.1, 0.15) is 0 Å². The molecule has 1 aromatic heterocycles. The van der Waals surface area contributed by atoms with Crippen molar-refractivity contribution in [2.75, 3.05) is 0 Å². The Hall–Kier alpha value is -1.62. The van der Waals surface area contributed by atoms with E-state index < -0.39 is 17.5 Å². The lowest BCUT2D eigenvalue weighted by atomic mass is 10.2. The highest BCUT2D eigenvalue weighted by atomic mass is 32.1. The van der Waals surface area contributed by atoms with Crippen molar-refractivity contribution >= 4 is 23.1 Å². The normalized spacial score (nSPS) is 11.5. The number of aliphatic carboxylic acids is 1. The quantitative estimate of drug-likeness (QED) is 0.470. The first-order chi connectivity index (χ1) is 6.91. The number of hydrogen-bond donors (Lipinski definition) is 2. The zero-order valence-electron chi connectivity index (χ0n) is 8.27. The lowest BCUT2D eigenvalue weighted by molar-refractivity contribution is -0.135. The number of aliphatic hydroxyl groups excluding tert-OH is 1. The summed E-state index contributed by atoms with van der Waals surface area (Å²) in [6, 6.07) is 1.84. The van der Waals surface area contributed by atoms with Gasteiger partial charge in [0, 0.05) is 11.0 Å². The number of thiophene rings is 1. The Bertz CT molecular complexity index is 442. The Balaban J connectivity index is 3.01. The lowest BCUT2D eigenvalue weighted by Crippen LogP contribution is -2.03. The number of aryl methyl sites for hydroxylation is 2. The Morgan fingerprint density at radius 3 is 2.33 bits per heavy atom. The van der Waals surface area contributed by atoms with Gasteiger partial charge in [-0.05, 0) is 25.5 Å². The van der Waals surface area contributed by atoms with Crippen LogP contribution in [-0.4, -0.2) is 22.0 Å². The molecule has 0 spiro atoms. The van der Waals surface area contributed by atoms with E-state index in [4.69, 9.17) is 10.2 Å². The molecule has 1 rings (SSSR count). The van der Waals surface area contributed by atoms with E-state index in [0.29, 0.717) is 4.88 Å². The number of hydrogen-bond acceptors (Lipinski definition) is 4. The van der Waals surface area contributed by atoms with Gasteiger partial charge in [0.15, 0.2) is 5.78 Å². The third-order valence-corrected chi connectivity index (χ3v) is 2.92. The van der Waals surface area contributed by atoms with Gasteiger partial charge in [-0.25, -0.2) is 4.79 Å². The second-order valence-electron chi connectivity index (χ2n) is 3.07. The van der Waals surface area contributed by atoms with E-state index >= 15 is 0 Å². The Labute approximate surface area is 90.5 Å². The van der Waals surface area contributed by atoms with Crippen molar-refractivity contribution in [3.63, 3.8) is 0 Å². The SMILES string of the molecule is Cc1cc(C)c(C(=O)/C=C(\O)C(=O)O)s1. The van der Waals surface area contributed by atoms with E-state index in [9.17, 15) is 9.59 Å². The van der Waals surface area contributed by atoms with Crippen LogP contribution in [0.3, 0.4) is 0 Å². The fourth-order valence-corrected chi connectivity index (χ4v) is 2.07. The first-order valence-electron chi connectivity index (χ1n) is 4.17. The average Bonchev–Trinajstić information content (AvgIpc) is 2.44. The van der Waals surface area contributed by atoms with Crippen LogP contribution in [-0.2, 0) is 4.79 Å². The van der Waals surface area contributed by atoms with Crippen molar-refractivity contribution < 1.29 is 19.8 Å². The maximum Gasteiger partial charge on any atom is 0.371 e. The van der Waals surface area contributed by atoms with E-state index in [0.717, 1.165) is 16.5 Å². The second-order valence-corrected chi connectivity index (χ2v) is 4.32. The molecule has 5 heteroatoms. The van der Waals surface area contributed by atoms with Gasteiger partial charge in [0.05, 0.1) is 4.88 Å². The summed E-state index contributed by atoms with van der Waals surface area (Å²) in [5.41, 5.74) is 0.789. The Kier molecular flexibility index (Phi) is 3.26. The van der Waals surface area contributed by atoms with E-state index in [1.165, 1.54) is 11.3 Å².